The molecule has 4 heteroatoms. The van der Waals surface area contributed by atoms with E-state index in [-0.39, 0.29) is 5.91 Å². The average molecular weight is 328 g/mol. The number of hydrogen-bond acceptors (Lipinski definition) is 2. The molecule has 1 amide bonds. The fourth-order valence-corrected chi connectivity index (χ4v) is 4.95. The minimum Gasteiger partial charge on any atom is -0.335 e. The summed E-state index contributed by atoms with van der Waals surface area (Å²) >= 11 is 5.03. The van der Waals surface area contributed by atoms with Crippen LogP contribution < -0.4 is 0 Å². The summed E-state index contributed by atoms with van der Waals surface area (Å²) in [6.07, 6.45) is 7.73. The Kier molecular flexibility index (Phi) is 3.76. The summed E-state index contributed by atoms with van der Waals surface area (Å²) in [5.74, 6) is 1.00. The van der Waals surface area contributed by atoms with Crippen LogP contribution in [0.4, 0.5) is 0 Å². The van der Waals surface area contributed by atoms with E-state index in [4.69, 9.17) is 0 Å². The highest BCUT2D eigenvalue weighted by molar-refractivity contribution is 9.10. The number of carbonyl (C=O) groups excluding carboxylic acids is 1. The molecule has 1 aromatic heterocycles. The fourth-order valence-electron chi connectivity index (χ4n) is 3.45. The maximum Gasteiger partial charge on any atom is 0.265 e. The van der Waals surface area contributed by atoms with Crippen LogP contribution in [-0.2, 0) is 0 Å². The molecule has 98 valence electrons. The first-order valence-corrected chi connectivity index (χ1v) is 8.48. The molecule has 2 aliphatic rings. The van der Waals surface area contributed by atoms with Crippen LogP contribution in [-0.4, -0.2) is 23.4 Å². The largest absolute Gasteiger partial charge is 0.335 e. The lowest BCUT2D eigenvalue weighted by Gasteiger charge is -2.29. The van der Waals surface area contributed by atoms with E-state index in [0.29, 0.717) is 6.04 Å². The molecular weight excluding hydrogens is 310 g/mol. The molecule has 1 saturated carbocycles. The van der Waals surface area contributed by atoms with Gasteiger partial charge in [0, 0.05) is 17.1 Å². The summed E-state index contributed by atoms with van der Waals surface area (Å²) in [6, 6.07) is 2.48. The van der Waals surface area contributed by atoms with Gasteiger partial charge in [-0.15, -0.1) is 11.3 Å². The first-order chi connectivity index (χ1) is 8.77. The van der Waals surface area contributed by atoms with E-state index in [0.717, 1.165) is 21.8 Å². The lowest BCUT2D eigenvalue weighted by molar-refractivity contribution is 0.0693. The van der Waals surface area contributed by atoms with Crippen LogP contribution in [0.1, 0.15) is 48.2 Å². The molecule has 0 radical (unpaired) electrons. The topological polar surface area (TPSA) is 20.3 Å². The van der Waals surface area contributed by atoms with E-state index in [9.17, 15) is 4.79 Å². The maximum absolute atomic E-state index is 12.6. The van der Waals surface area contributed by atoms with Crippen LogP contribution in [0.2, 0.25) is 0 Å². The van der Waals surface area contributed by atoms with Crippen molar-refractivity contribution >= 4 is 33.2 Å². The summed E-state index contributed by atoms with van der Waals surface area (Å²) in [5.41, 5.74) is 0. The van der Waals surface area contributed by atoms with E-state index in [2.05, 4.69) is 20.8 Å². The molecule has 0 bridgehead atoms. The van der Waals surface area contributed by atoms with Gasteiger partial charge < -0.3 is 4.90 Å². The fraction of sp³-hybridized carbons (Fsp3) is 0.643. The number of nitrogens with zero attached hydrogens (tertiary/aromatic N) is 1. The Labute approximate surface area is 120 Å². The van der Waals surface area contributed by atoms with Gasteiger partial charge >= 0.3 is 0 Å². The third-order valence-corrected chi connectivity index (χ3v) is 6.14. The molecule has 1 atom stereocenters. The van der Waals surface area contributed by atoms with Crippen molar-refractivity contribution in [3.63, 3.8) is 0 Å². The second-order valence-corrected chi connectivity index (χ2v) is 7.12. The number of carbonyl (C=O) groups is 1. The van der Waals surface area contributed by atoms with E-state index < -0.39 is 0 Å². The normalized spacial score (nSPS) is 24.9. The van der Waals surface area contributed by atoms with Crippen molar-refractivity contribution in [2.45, 2.75) is 44.6 Å². The molecule has 2 nitrogen and oxygen atoms in total. The van der Waals surface area contributed by atoms with Crippen molar-refractivity contribution in [3.05, 3.63) is 20.8 Å². The number of hydrogen-bond donors (Lipinski definition) is 0. The van der Waals surface area contributed by atoms with Crippen molar-refractivity contribution in [2.24, 2.45) is 5.92 Å². The van der Waals surface area contributed by atoms with Crippen molar-refractivity contribution in [2.75, 3.05) is 6.54 Å². The third-order valence-electron chi connectivity index (χ3n) is 4.32. The van der Waals surface area contributed by atoms with Crippen LogP contribution >= 0.6 is 27.3 Å². The highest BCUT2D eigenvalue weighted by Crippen LogP contribution is 2.37. The minimum atomic E-state index is 0.242. The van der Waals surface area contributed by atoms with Gasteiger partial charge in [0.15, 0.2) is 0 Å². The standard InChI is InChI=1S/C14H18BrNOS/c15-11-7-9-18-13(11)14(17)16-8-3-6-12(16)10-4-1-2-5-10/h7,9-10,12H,1-6,8H2. The smallest absolute Gasteiger partial charge is 0.265 e. The third kappa shape index (κ3) is 2.25. The van der Waals surface area contributed by atoms with Gasteiger partial charge in [0.25, 0.3) is 5.91 Å². The first-order valence-electron chi connectivity index (χ1n) is 6.81. The molecule has 1 aliphatic heterocycles. The minimum absolute atomic E-state index is 0.242. The van der Waals surface area contributed by atoms with Crippen LogP contribution in [0.5, 0.6) is 0 Å². The Bertz CT molecular complexity index is 439. The zero-order valence-electron chi connectivity index (χ0n) is 10.4. The predicted octanol–water partition coefficient (Wildman–Crippen LogP) is 4.31. The maximum atomic E-state index is 12.6. The van der Waals surface area contributed by atoms with Gasteiger partial charge in [-0.1, -0.05) is 12.8 Å². The number of likely N-dealkylation sites (tertiary alicyclic amines) is 1. The average Bonchev–Trinajstić information content (AvgIpc) is 3.09. The van der Waals surface area contributed by atoms with E-state index in [1.54, 1.807) is 11.3 Å². The molecule has 0 aromatic carbocycles. The predicted molar refractivity (Wildman–Crippen MR) is 78.0 cm³/mol. The lowest BCUT2D eigenvalue weighted by Crippen LogP contribution is -2.39. The van der Waals surface area contributed by atoms with Gasteiger partial charge in [-0.3, -0.25) is 4.79 Å². The van der Waals surface area contributed by atoms with Gasteiger partial charge in [0.1, 0.15) is 4.88 Å². The van der Waals surface area contributed by atoms with Gasteiger partial charge in [0.2, 0.25) is 0 Å². The van der Waals surface area contributed by atoms with Crippen LogP contribution in [0.15, 0.2) is 15.9 Å². The summed E-state index contributed by atoms with van der Waals surface area (Å²) in [4.78, 5) is 15.6. The second kappa shape index (κ2) is 5.33. The van der Waals surface area contributed by atoms with Gasteiger partial charge in [0.05, 0.1) is 0 Å². The molecule has 1 aromatic rings. The lowest BCUT2D eigenvalue weighted by atomic mass is 9.96. The Morgan fingerprint density at radius 3 is 2.72 bits per heavy atom. The molecule has 0 N–H and O–H groups in total. The monoisotopic (exact) mass is 327 g/mol. The molecule has 3 rings (SSSR count). The molecule has 2 heterocycles. The summed E-state index contributed by atoms with van der Waals surface area (Å²) in [7, 11) is 0. The van der Waals surface area contributed by atoms with Crippen molar-refractivity contribution in [1.29, 1.82) is 0 Å². The van der Waals surface area contributed by atoms with Crippen molar-refractivity contribution in [3.8, 4) is 0 Å². The van der Waals surface area contributed by atoms with Crippen LogP contribution in [0.25, 0.3) is 0 Å². The molecule has 1 unspecified atom stereocenters. The Balaban J connectivity index is 1.78. The van der Waals surface area contributed by atoms with Gasteiger partial charge in [-0.05, 0) is 59.0 Å². The summed E-state index contributed by atoms with van der Waals surface area (Å²) in [5, 5.41) is 1.98. The van der Waals surface area contributed by atoms with Gasteiger partial charge in [-0.2, -0.15) is 0 Å². The highest BCUT2D eigenvalue weighted by Gasteiger charge is 2.36. The van der Waals surface area contributed by atoms with Crippen molar-refractivity contribution in [1.82, 2.24) is 4.90 Å². The highest BCUT2D eigenvalue weighted by atomic mass is 79.9. The van der Waals surface area contributed by atoms with E-state index in [1.165, 1.54) is 38.5 Å². The van der Waals surface area contributed by atoms with E-state index in [1.807, 2.05) is 11.4 Å². The van der Waals surface area contributed by atoms with Crippen LogP contribution in [0.3, 0.4) is 0 Å². The zero-order valence-corrected chi connectivity index (χ0v) is 12.8. The zero-order chi connectivity index (χ0) is 12.5. The Morgan fingerprint density at radius 2 is 2.06 bits per heavy atom. The quantitative estimate of drug-likeness (QED) is 0.792. The summed E-state index contributed by atoms with van der Waals surface area (Å²) < 4.78 is 0.953. The number of halogens is 1. The van der Waals surface area contributed by atoms with E-state index >= 15 is 0 Å². The number of rotatable bonds is 2. The molecule has 2 fully saturated rings. The molecule has 1 aliphatic carbocycles. The van der Waals surface area contributed by atoms with Crippen LogP contribution in [0, 0.1) is 5.92 Å². The summed E-state index contributed by atoms with van der Waals surface area (Å²) in [6.45, 7) is 0.949. The van der Waals surface area contributed by atoms with Crippen molar-refractivity contribution < 1.29 is 4.79 Å². The van der Waals surface area contributed by atoms with Gasteiger partial charge in [-0.25, -0.2) is 0 Å². The Morgan fingerprint density at radius 1 is 1.28 bits per heavy atom. The second-order valence-electron chi connectivity index (χ2n) is 5.35. The molecular formula is C14H18BrNOS. The number of amides is 1. The Hall–Kier alpha value is -0.350. The molecule has 0 spiro atoms. The molecule has 18 heavy (non-hydrogen) atoms. The molecule has 1 saturated heterocycles. The number of thiophene rings is 1. The SMILES string of the molecule is O=C(c1sccc1Br)N1CCCC1C1CCCC1. The first kappa shape index (κ1) is 12.7.